The third-order valence-corrected chi connectivity index (χ3v) is 6.06. The van der Waals surface area contributed by atoms with Crippen LogP contribution in [0.4, 0.5) is 0 Å². The highest BCUT2D eigenvalue weighted by molar-refractivity contribution is 7.10. The molecule has 1 N–H and O–H groups in total. The molecule has 0 radical (unpaired) electrons. The van der Waals surface area contributed by atoms with Crippen molar-refractivity contribution in [2.75, 3.05) is 20.3 Å². The van der Waals surface area contributed by atoms with Crippen molar-refractivity contribution in [3.8, 4) is 0 Å². The molecule has 0 bridgehead atoms. The summed E-state index contributed by atoms with van der Waals surface area (Å²) in [5.41, 5.74) is 2.34. The minimum atomic E-state index is -0.495. The normalized spacial score (nSPS) is 20.3. The van der Waals surface area contributed by atoms with Crippen molar-refractivity contribution < 1.29 is 23.8 Å². The van der Waals surface area contributed by atoms with Gasteiger partial charge in [0.15, 0.2) is 0 Å². The van der Waals surface area contributed by atoms with Crippen LogP contribution in [0.2, 0.25) is 0 Å². The summed E-state index contributed by atoms with van der Waals surface area (Å²) in [6.45, 7) is 4.16. The fraction of sp³-hybridized carbons (Fsp3) is 0.524. The van der Waals surface area contributed by atoms with E-state index in [4.69, 9.17) is 14.2 Å². The van der Waals surface area contributed by atoms with E-state index >= 15 is 0 Å². The topological polar surface area (TPSA) is 73.9 Å². The van der Waals surface area contributed by atoms with Crippen molar-refractivity contribution in [1.82, 2.24) is 5.32 Å². The Morgan fingerprint density at radius 2 is 1.79 bits per heavy atom. The van der Waals surface area contributed by atoms with Gasteiger partial charge in [-0.05, 0) is 51.0 Å². The highest BCUT2D eigenvalue weighted by Crippen LogP contribution is 2.41. The summed E-state index contributed by atoms with van der Waals surface area (Å²) in [7, 11) is 1.55. The van der Waals surface area contributed by atoms with Crippen molar-refractivity contribution in [1.29, 1.82) is 0 Å². The van der Waals surface area contributed by atoms with Crippen molar-refractivity contribution in [3.63, 3.8) is 0 Å². The minimum absolute atomic E-state index is 0.0408. The van der Waals surface area contributed by atoms with Gasteiger partial charge in [-0.25, -0.2) is 9.59 Å². The lowest BCUT2D eigenvalue weighted by molar-refractivity contribution is -0.144. The Morgan fingerprint density at radius 1 is 1.11 bits per heavy atom. The molecule has 1 aromatic heterocycles. The minimum Gasteiger partial charge on any atom is -0.460 e. The summed E-state index contributed by atoms with van der Waals surface area (Å²) in [5.74, 6) is -1.30. The van der Waals surface area contributed by atoms with E-state index in [1.54, 1.807) is 7.11 Å². The predicted molar refractivity (Wildman–Crippen MR) is 107 cm³/mol. The van der Waals surface area contributed by atoms with Gasteiger partial charge in [-0.2, -0.15) is 0 Å². The first-order chi connectivity index (χ1) is 13.5. The summed E-state index contributed by atoms with van der Waals surface area (Å²) >= 11 is 1.51. The molecule has 28 heavy (non-hydrogen) atoms. The Labute approximate surface area is 169 Å². The number of nitrogens with one attached hydrogen (secondary N) is 1. The fourth-order valence-electron chi connectivity index (χ4n) is 3.79. The van der Waals surface area contributed by atoms with E-state index in [0.29, 0.717) is 29.1 Å². The summed E-state index contributed by atoms with van der Waals surface area (Å²) in [4.78, 5) is 26.9. The summed E-state index contributed by atoms with van der Waals surface area (Å²) < 4.78 is 16.1. The second kappa shape index (κ2) is 9.39. The van der Waals surface area contributed by atoms with Gasteiger partial charge in [0.05, 0.1) is 23.7 Å². The number of hydrogen-bond donors (Lipinski definition) is 1. The molecule has 1 saturated carbocycles. The van der Waals surface area contributed by atoms with E-state index in [9.17, 15) is 9.59 Å². The SMILES string of the molecule is COCCOC(=O)C1=C(C)NC(C)=C(C(=O)OC2CCCC2)C1c1cccs1. The number of hydrogen-bond acceptors (Lipinski definition) is 7. The van der Waals surface area contributed by atoms with Gasteiger partial charge < -0.3 is 19.5 Å². The van der Waals surface area contributed by atoms with Gasteiger partial charge in [0.1, 0.15) is 12.7 Å². The lowest BCUT2D eigenvalue weighted by Crippen LogP contribution is -2.33. The largest absolute Gasteiger partial charge is 0.460 e. The maximum Gasteiger partial charge on any atom is 0.337 e. The van der Waals surface area contributed by atoms with Crippen LogP contribution in [0.3, 0.4) is 0 Å². The maximum atomic E-state index is 13.1. The molecular formula is C21H27NO5S. The van der Waals surface area contributed by atoms with Gasteiger partial charge >= 0.3 is 11.9 Å². The molecule has 1 fully saturated rings. The zero-order chi connectivity index (χ0) is 20.1. The Balaban J connectivity index is 1.92. The first kappa shape index (κ1) is 20.6. The van der Waals surface area contributed by atoms with Crippen molar-refractivity contribution >= 4 is 23.3 Å². The van der Waals surface area contributed by atoms with Crippen molar-refractivity contribution in [2.45, 2.75) is 51.6 Å². The Kier molecular flexibility index (Phi) is 6.91. The number of allylic oxidation sites excluding steroid dienone is 2. The number of thiophene rings is 1. The van der Waals surface area contributed by atoms with Crippen LogP contribution in [0.25, 0.3) is 0 Å². The van der Waals surface area contributed by atoms with Crippen molar-refractivity contribution in [3.05, 3.63) is 44.9 Å². The van der Waals surface area contributed by atoms with Crippen LogP contribution in [0.5, 0.6) is 0 Å². The molecule has 2 heterocycles. The second-order valence-corrected chi connectivity index (χ2v) is 8.07. The number of methoxy groups -OCH3 is 1. The van der Waals surface area contributed by atoms with E-state index < -0.39 is 11.9 Å². The van der Waals surface area contributed by atoms with Crippen LogP contribution in [-0.4, -0.2) is 38.4 Å². The summed E-state index contributed by atoms with van der Waals surface area (Å²) in [6, 6.07) is 3.85. The number of ether oxygens (including phenoxy) is 3. The third kappa shape index (κ3) is 4.47. The van der Waals surface area contributed by atoms with E-state index in [1.165, 1.54) is 11.3 Å². The standard InChI is InChI=1S/C21H27NO5S/c1-13-17(20(23)26-11-10-25-3)19(16-9-6-12-28-16)18(14(2)22-13)21(24)27-15-7-4-5-8-15/h6,9,12,15,19,22H,4-5,7-8,10-11H2,1-3H3. The fourth-order valence-corrected chi connectivity index (χ4v) is 4.63. The van der Waals surface area contributed by atoms with Gasteiger partial charge in [0.25, 0.3) is 0 Å². The third-order valence-electron chi connectivity index (χ3n) is 5.12. The molecule has 2 aliphatic rings. The number of esters is 2. The van der Waals surface area contributed by atoms with Gasteiger partial charge in [0.2, 0.25) is 0 Å². The molecule has 1 aliphatic carbocycles. The lowest BCUT2D eigenvalue weighted by atomic mass is 9.84. The van der Waals surface area contributed by atoms with Gasteiger partial charge in [-0.15, -0.1) is 11.3 Å². The zero-order valence-electron chi connectivity index (χ0n) is 16.6. The smallest absolute Gasteiger partial charge is 0.337 e. The van der Waals surface area contributed by atoms with Crippen molar-refractivity contribution in [2.24, 2.45) is 0 Å². The zero-order valence-corrected chi connectivity index (χ0v) is 17.4. The van der Waals surface area contributed by atoms with E-state index in [-0.39, 0.29) is 18.7 Å². The van der Waals surface area contributed by atoms with Gasteiger partial charge in [-0.1, -0.05) is 6.07 Å². The van der Waals surface area contributed by atoms with Crippen LogP contribution in [0.1, 0.15) is 50.3 Å². The molecule has 3 rings (SSSR count). The molecule has 7 heteroatoms. The van der Waals surface area contributed by atoms with Crippen LogP contribution >= 0.6 is 11.3 Å². The first-order valence-corrected chi connectivity index (χ1v) is 10.5. The highest BCUT2D eigenvalue weighted by atomic mass is 32.1. The lowest BCUT2D eigenvalue weighted by Gasteiger charge is -2.30. The van der Waals surface area contributed by atoms with E-state index in [0.717, 1.165) is 30.6 Å². The van der Waals surface area contributed by atoms with E-state index in [1.807, 2.05) is 31.4 Å². The Bertz CT molecular complexity index is 775. The molecule has 6 nitrogen and oxygen atoms in total. The maximum absolute atomic E-state index is 13.1. The number of carbonyl (C=O) groups excluding carboxylic acids is 2. The molecule has 0 aromatic carbocycles. The Hall–Kier alpha value is -2.12. The number of carbonyl (C=O) groups is 2. The van der Waals surface area contributed by atoms with Gasteiger partial charge in [0, 0.05) is 23.4 Å². The molecule has 0 spiro atoms. The molecule has 1 atom stereocenters. The number of dihydropyridines is 1. The van der Waals surface area contributed by atoms with Gasteiger partial charge in [-0.3, -0.25) is 0 Å². The molecule has 1 aliphatic heterocycles. The molecule has 1 aromatic rings. The molecular weight excluding hydrogens is 378 g/mol. The summed E-state index contributed by atoms with van der Waals surface area (Å²) in [6.07, 6.45) is 3.92. The monoisotopic (exact) mass is 405 g/mol. The Morgan fingerprint density at radius 3 is 2.39 bits per heavy atom. The van der Waals surface area contributed by atoms with Crippen LogP contribution < -0.4 is 5.32 Å². The first-order valence-electron chi connectivity index (χ1n) is 9.62. The van der Waals surface area contributed by atoms with E-state index in [2.05, 4.69) is 5.32 Å². The average molecular weight is 406 g/mol. The molecule has 152 valence electrons. The van der Waals surface area contributed by atoms with Crippen LogP contribution in [-0.2, 0) is 23.8 Å². The number of rotatable bonds is 7. The summed E-state index contributed by atoms with van der Waals surface area (Å²) in [5, 5.41) is 5.12. The predicted octanol–water partition coefficient (Wildman–Crippen LogP) is 3.66. The highest BCUT2D eigenvalue weighted by Gasteiger charge is 2.39. The molecule has 1 unspecified atom stereocenters. The van der Waals surface area contributed by atoms with Crippen LogP contribution in [0, 0.1) is 0 Å². The second-order valence-electron chi connectivity index (χ2n) is 7.09. The molecule has 0 amide bonds. The average Bonchev–Trinajstić information content (AvgIpc) is 3.34. The molecule has 0 saturated heterocycles. The van der Waals surface area contributed by atoms with Crippen LogP contribution in [0.15, 0.2) is 40.1 Å². The quantitative estimate of drug-likeness (QED) is 0.551.